The summed E-state index contributed by atoms with van der Waals surface area (Å²) in [7, 11) is 0. The number of amides is 1. The van der Waals surface area contributed by atoms with Crippen molar-refractivity contribution in [3.63, 3.8) is 0 Å². The molecule has 2 fully saturated rings. The highest BCUT2D eigenvalue weighted by Gasteiger charge is 2.30. The molecule has 1 saturated heterocycles. The molecule has 2 heterocycles. The lowest BCUT2D eigenvalue weighted by atomic mass is 9.95. The molecule has 1 atom stereocenters. The van der Waals surface area contributed by atoms with Crippen molar-refractivity contribution in [1.82, 2.24) is 14.5 Å². The molecule has 5 nitrogen and oxygen atoms in total. The van der Waals surface area contributed by atoms with Crippen LogP contribution in [0.3, 0.4) is 0 Å². The number of fused-ring (bicyclic) bond motifs is 1. The van der Waals surface area contributed by atoms with E-state index < -0.39 is 0 Å². The van der Waals surface area contributed by atoms with E-state index in [1.165, 1.54) is 37.6 Å². The van der Waals surface area contributed by atoms with Crippen LogP contribution >= 0.6 is 0 Å². The first-order valence-corrected chi connectivity index (χ1v) is 13.3. The standard InChI is InChI=1S/C31H33N3O2/c35-31(24-10-3-1-4-11-24)33-21-9-14-26(33)22-36-27-19-17-23(18-20-27)30-32-28-15-7-8-16-29(28)34(30)25-12-5-2-6-13-25/h1,3-4,7-8,10-11,15-20,25-26H,2,5-6,9,12-14,21-22H2/t26-/m0/s1. The van der Waals surface area contributed by atoms with Gasteiger partial charge in [0.05, 0.1) is 17.1 Å². The van der Waals surface area contributed by atoms with Crippen molar-refractivity contribution in [2.45, 2.75) is 57.0 Å². The lowest BCUT2D eigenvalue weighted by molar-refractivity contribution is 0.0691. The van der Waals surface area contributed by atoms with Crippen molar-refractivity contribution in [3.8, 4) is 17.1 Å². The van der Waals surface area contributed by atoms with Gasteiger partial charge in [-0.3, -0.25) is 4.79 Å². The second-order valence-electron chi connectivity index (χ2n) is 10.1. The molecule has 1 saturated carbocycles. The molecule has 1 amide bonds. The smallest absolute Gasteiger partial charge is 0.254 e. The van der Waals surface area contributed by atoms with Gasteiger partial charge in [0, 0.05) is 23.7 Å². The Labute approximate surface area is 212 Å². The van der Waals surface area contributed by atoms with Crippen LogP contribution in [0, 0.1) is 0 Å². The van der Waals surface area contributed by atoms with Gasteiger partial charge in [-0.1, -0.05) is 49.6 Å². The fourth-order valence-corrected chi connectivity index (χ4v) is 5.87. The lowest BCUT2D eigenvalue weighted by Gasteiger charge is -2.26. The molecule has 3 aromatic carbocycles. The summed E-state index contributed by atoms with van der Waals surface area (Å²) in [6.45, 7) is 1.30. The molecule has 5 heteroatoms. The Kier molecular flexibility index (Phi) is 6.46. The van der Waals surface area contributed by atoms with Crippen LogP contribution in [0.15, 0.2) is 78.9 Å². The number of ether oxygens (including phenoxy) is 1. The largest absolute Gasteiger partial charge is 0.491 e. The number of hydrogen-bond donors (Lipinski definition) is 0. The van der Waals surface area contributed by atoms with E-state index in [0.717, 1.165) is 47.6 Å². The van der Waals surface area contributed by atoms with Crippen molar-refractivity contribution >= 4 is 16.9 Å². The van der Waals surface area contributed by atoms with Crippen molar-refractivity contribution in [3.05, 3.63) is 84.4 Å². The molecular weight excluding hydrogens is 446 g/mol. The van der Waals surface area contributed by atoms with Gasteiger partial charge in [0.25, 0.3) is 5.91 Å². The third-order valence-electron chi connectivity index (χ3n) is 7.75. The monoisotopic (exact) mass is 479 g/mol. The number of hydrogen-bond acceptors (Lipinski definition) is 3. The zero-order valence-electron chi connectivity index (χ0n) is 20.7. The fourth-order valence-electron chi connectivity index (χ4n) is 5.87. The van der Waals surface area contributed by atoms with Crippen LogP contribution in [0.25, 0.3) is 22.4 Å². The van der Waals surface area contributed by atoms with Gasteiger partial charge in [-0.15, -0.1) is 0 Å². The summed E-state index contributed by atoms with van der Waals surface area (Å²) in [5, 5.41) is 0. The average Bonchev–Trinajstić information content (AvgIpc) is 3.58. The Morgan fingerprint density at radius 1 is 0.833 bits per heavy atom. The van der Waals surface area contributed by atoms with E-state index in [4.69, 9.17) is 9.72 Å². The number of carbonyl (C=O) groups is 1. The van der Waals surface area contributed by atoms with Gasteiger partial charge >= 0.3 is 0 Å². The third-order valence-corrected chi connectivity index (χ3v) is 7.75. The number of imidazole rings is 1. The van der Waals surface area contributed by atoms with Gasteiger partial charge in [0.15, 0.2) is 0 Å². The minimum Gasteiger partial charge on any atom is -0.491 e. The summed E-state index contributed by atoms with van der Waals surface area (Å²) in [6, 6.07) is 27.0. The highest BCUT2D eigenvalue weighted by Crippen LogP contribution is 2.36. The number of likely N-dealkylation sites (tertiary alicyclic amines) is 1. The van der Waals surface area contributed by atoms with Crippen LogP contribution < -0.4 is 4.74 Å². The van der Waals surface area contributed by atoms with Gasteiger partial charge in [0.2, 0.25) is 0 Å². The first-order valence-electron chi connectivity index (χ1n) is 13.3. The van der Waals surface area contributed by atoms with E-state index >= 15 is 0 Å². The molecule has 1 aliphatic carbocycles. The molecule has 6 rings (SSSR count). The Bertz CT molecular complexity index is 1320. The molecule has 0 radical (unpaired) electrons. The minimum atomic E-state index is 0.0960. The molecule has 1 aromatic heterocycles. The zero-order chi connectivity index (χ0) is 24.3. The van der Waals surface area contributed by atoms with E-state index in [1.54, 1.807) is 0 Å². The van der Waals surface area contributed by atoms with Crippen molar-refractivity contribution in [2.24, 2.45) is 0 Å². The van der Waals surface area contributed by atoms with Gasteiger partial charge in [0.1, 0.15) is 18.2 Å². The highest BCUT2D eigenvalue weighted by molar-refractivity contribution is 5.94. The first-order chi connectivity index (χ1) is 17.8. The Morgan fingerprint density at radius 2 is 1.58 bits per heavy atom. The fraction of sp³-hybridized carbons (Fsp3) is 0.355. The topological polar surface area (TPSA) is 47.4 Å². The molecule has 0 unspecified atom stereocenters. The highest BCUT2D eigenvalue weighted by atomic mass is 16.5. The average molecular weight is 480 g/mol. The van der Waals surface area contributed by atoms with Gasteiger partial charge < -0.3 is 14.2 Å². The minimum absolute atomic E-state index is 0.0960. The normalized spacial score (nSPS) is 18.6. The maximum absolute atomic E-state index is 13.0. The summed E-state index contributed by atoms with van der Waals surface area (Å²) < 4.78 is 8.65. The molecule has 0 spiro atoms. The van der Waals surface area contributed by atoms with E-state index in [0.29, 0.717) is 12.6 Å². The summed E-state index contributed by atoms with van der Waals surface area (Å²) in [5.41, 5.74) is 4.15. The summed E-state index contributed by atoms with van der Waals surface area (Å²) in [5.74, 6) is 1.97. The Hall–Kier alpha value is -3.60. The number of rotatable bonds is 6. The maximum atomic E-state index is 13.0. The Balaban J connectivity index is 1.18. The van der Waals surface area contributed by atoms with Gasteiger partial charge in [-0.2, -0.15) is 0 Å². The van der Waals surface area contributed by atoms with Gasteiger partial charge in [-0.25, -0.2) is 4.98 Å². The summed E-state index contributed by atoms with van der Waals surface area (Å²) >= 11 is 0. The second-order valence-corrected chi connectivity index (χ2v) is 10.1. The number of nitrogens with zero attached hydrogens (tertiary/aromatic N) is 3. The maximum Gasteiger partial charge on any atom is 0.254 e. The van der Waals surface area contributed by atoms with E-state index in [1.807, 2.05) is 47.4 Å². The van der Waals surface area contributed by atoms with E-state index in [2.05, 4.69) is 41.0 Å². The van der Waals surface area contributed by atoms with E-state index in [-0.39, 0.29) is 11.9 Å². The number of para-hydroxylation sites is 2. The van der Waals surface area contributed by atoms with E-state index in [9.17, 15) is 4.79 Å². The molecule has 1 aliphatic heterocycles. The van der Waals surface area contributed by atoms with Crippen LogP contribution in [0.5, 0.6) is 5.75 Å². The Morgan fingerprint density at radius 3 is 2.39 bits per heavy atom. The third kappa shape index (κ3) is 4.50. The SMILES string of the molecule is O=C(c1ccccc1)N1CCC[C@H]1COc1ccc(-c2nc3ccccc3n2C2CCCCC2)cc1. The van der Waals surface area contributed by atoms with Crippen LogP contribution in [-0.2, 0) is 0 Å². The first kappa shape index (κ1) is 22.8. The van der Waals surface area contributed by atoms with Crippen LogP contribution in [-0.4, -0.2) is 39.6 Å². The van der Waals surface area contributed by atoms with Crippen LogP contribution in [0.1, 0.15) is 61.3 Å². The number of carbonyl (C=O) groups excluding carboxylic acids is 1. The summed E-state index contributed by atoms with van der Waals surface area (Å²) in [6.07, 6.45) is 8.33. The number of aromatic nitrogens is 2. The molecule has 4 aromatic rings. The molecule has 0 N–H and O–H groups in total. The molecule has 36 heavy (non-hydrogen) atoms. The summed E-state index contributed by atoms with van der Waals surface area (Å²) in [4.78, 5) is 20.0. The molecular formula is C31H33N3O2. The molecule has 2 aliphatic rings. The van der Waals surface area contributed by atoms with Crippen molar-refractivity contribution in [2.75, 3.05) is 13.2 Å². The van der Waals surface area contributed by atoms with Gasteiger partial charge in [-0.05, 0) is 74.2 Å². The predicted molar refractivity (Wildman–Crippen MR) is 143 cm³/mol. The number of benzene rings is 3. The second kappa shape index (κ2) is 10.2. The lowest BCUT2D eigenvalue weighted by Crippen LogP contribution is -2.39. The molecule has 0 bridgehead atoms. The van der Waals surface area contributed by atoms with Crippen LogP contribution in [0.4, 0.5) is 0 Å². The van der Waals surface area contributed by atoms with Crippen molar-refractivity contribution in [1.29, 1.82) is 0 Å². The zero-order valence-corrected chi connectivity index (χ0v) is 20.7. The van der Waals surface area contributed by atoms with Crippen LogP contribution in [0.2, 0.25) is 0 Å². The molecule has 184 valence electrons. The van der Waals surface area contributed by atoms with Crippen molar-refractivity contribution < 1.29 is 9.53 Å². The quantitative estimate of drug-likeness (QED) is 0.302. The predicted octanol–water partition coefficient (Wildman–Crippen LogP) is 6.89.